The Balaban J connectivity index is 3.89. The zero-order valence-corrected chi connectivity index (χ0v) is 9.21. The summed E-state index contributed by atoms with van der Waals surface area (Å²) in [5.74, 6) is 0. The maximum Gasteiger partial charge on any atom is -0.0176 e. The summed E-state index contributed by atoms with van der Waals surface area (Å²) in [7, 11) is 1.06. The lowest BCUT2D eigenvalue weighted by molar-refractivity contribution is 0.338. The summed E-state index contributed by atoms with van der Waals surface area (Å²) >= 11 is 0. The van der Waals surface area contributed by atoms with Gasteiger partial charge in [0.25, 0.3) is 0 Å². The molecule has 0 aromatic rings. The predicted octanol–water partition coefficient (Wildman–Crippen LogP) is 3.51. The van der Waals surface area contributed by atoms with Crippen LogP contribution in [0.2, 0.25) is 0 Å². The first-order valence-electron chi connectivity index (χ1n) is 3.96. The van der Waals surface area contributed by atoms with E-state index in [4.69, 9.17) is 0 Å². The highest BCUT2D eigenvalue weighted by Crippen LogP contribution is 2.38. The highest BCUT2D eigenvalue weighted by Gasteiger charge is 2.23. The molecule has 0 rings (SSSR count). The van der Waals surface area contributed by atoms with Gasteiger partial charge in [0.1, 0.15) is 0 Å². The summed E-state index contributed by atoms with van der Waals surface area (Å²) in [6.45, 7) is 14.0. The van der Waals surface area contributed by atoms with Crippen molar-refractivity contribution in [2.75, 3.05) is 6.66 Å². The van der Waals surface area contributed by atoms with Crippen LogP contribution in [-0.4, -0.2) is 11.8 Å². The molecule has 0 saturated heterocycles. The highest BCUT2D eigenvalue weighted by molar-refractivity contribution is 7.38. The molecule has 1 atom stereocenters. The molecule has 0 aromatic heterocycles. The summed E-state index contributed by atoms with van der Waals surface area (Å²) in [6, 6.07) is 0. The Morgan fingerprint density at radius 1 is 1.00 bits per heavy atom. The summed E-state index contributed by atoms with van der Waals surface area (Å²) in [5, 5.41) is 0.554. The van der Waals surface area contributed by atoms with E-state index in [1.54, 1.807) is 0 Å². The fourth-order valence-electron chi connectivity index (χ4n) is 1.41. The van der Waals surface area contributed by atoms with Gasteiger partial charge in [-0.15, -0.1) is 8.58 Å². The summed E-state index contributed by atoms with van der Waals surface area (Å²) < 4.78 is 0. The second-order valence-corrected chi connectivity index (χ2v) is 6.72. The first kappa shape index (κ1) is 10.4. The van der Waals surface area contributed by atoms with Crippen molar-refractivity contribution in [3.05, 3.63) is 0 Å². The Morgan fingerprint density at radius 3 is 1.50 bits per heavy atom. The third-order valence-corrected chi connectivity index (χ3v) is 3.18. The minimum absolute atomic E-state index is 0.493. The third kappa shape index (κ3) is 5.23. The maximum absolute atomic E-state index is 2.36. The first-order chi connectivity index (χ1) is 4.27. The quantitative estimate of drug-likeness (QED) is 0.542. The molecule has 0 aliphatic carbocycles. The SMILES string of the molecule is CPC(C)(C)CC(C)(C)C. The zero-order valence-electron chi connectivity index (χ0n) is 8.21. The fraction of sp³-hybridized carbons (Fsp3) is 1.00. The molecule has 0 radical (unpaired) electrons. The van der Waals surface area contributed by atoms with Crippen molar-refractivity contribution in [2.45, 2.75) is 46.2 Å². The van der Waals surface area contributed by atoms with Crippen molar-refractivity contribution in [3.63, 3.8) is 0 Å². The monoisotopic (exact) mass is 160 g/mol. The van der Waals surface area contributed by atoms with Crippen molar-refractivity contribution in [1.82, 2.24) is 0 Å². The van der Waals surface area contributed by atoms with Crippen LogP contribution in [0.3, 0.4) is 0 Å². The van der Waals surface area contributed by atoms with Crippen LogP contribution in [0.1, 0.15) is 41.0 Å². The molecule has 0 aromatic carbocycles. The van der Waals surface area contributed by atoms with E-state index in [1.807, 2.05) is 0 Å². The van der Waals surface area contributed by atoms with Gasteiger partial charge in [0.05, 0.1) is 0 Å². The van der Waals surface area contributed by atoms with E-state index in [1.165, 1.54) is 6.42 Å². The van der Waals surface area contributed by atoms with E-state index in [0.717, 1.165) is 8.58 Å². The van der Waals surface area contributed by atoms with Crippen LogP contribution in [0.4, 0.5) is 0 Å². The lowest BCUT2D eigenvalue weighted by atomic mass is 9.86. The smallest absolute Gasteiger partial charge is 0.0176 e. The molecule has 0 N–H and O–H groups in total. The van der Waals surface area contributed by atoms with E-state index in [2.05, 4.69) is 41.3 Å². The van der Waals surface area contributed by atoms with Crippen LogP contribution < -0.4 is 0 Å². The van der Waals surface area contributed by atoms with Crippen molar-refractivity contribution in [2.24, 2.45) is 5.41 Å². The topological polar surface area (TPSA) is 0 Å². The Bertz CT molecular complexity index is 97.8. The molecule has 0 aliphatic rings. The van der Waals surface area contributed by atoms with Gasteiger partial charge >= 0.3 is 0 Å². The van der Waals surface area contributed by atoms with Gasteiger partial charge in [-0.05, 0) is 23.7 Å². The Kier molecular flexibility index (Phi) is 3.36. The molecule has 0 aliphatic heterocycles. The van der Waals surface area contributed by atoms with Crippen LogP contribution in [-0.2, 0) is 0 Å². The fourth-order valence-corrected chi connectivity index (χ4v) is 2.12. The summed E-state index contributed by atoms with van der Waals surface area (Å²) in [5.41, 5.74) is 0.493. The normalized spacial score (nSPS) is 15.0. The standard InChI is InChI=1S/C9H21P/c1-8(2,3)7-9(4,5)10-6/h10H,7H2,1-6H3. The molecule has 0 nitrogen and oxygen atoms in total. The van der Waals surface area contributed by atoms with Crippen molar-refractivity contribution in [3.8, 4) is 0 Å². The molecule has 0 spiro atoms. The van der Waals surface area contributed by atoms with Crippen LogP contribution in [0, 0.1) is 5.41 Å². The average Bonchev–Trinajstić information content (AvgIpc) is 1.60. The third-order valence-electron chi connectivity index (χ3n) is 1.65. The minimum Gasteiger partial charge on any atom is -0.119 e. The second kappa shape index (κ2) is 3.22. The van der Waals surface area contributed by atoms with E-state index in [-0.39, 0.29) is 0 Å². The lowest BCUT2D eigenvalue weighted by Crippen LogP contribution is -2.21. The molecule has 0 saturated carbocycles. The van der Waals surface area contributed by atoms with Crippen molar-refractivity contribution >= 4 is 8.58 Å². The van der Waals surface area contributed by atoms with Crippen molar-refractivity contribution in [1.29, 1.82) is 0 Å². The van der Waals surface area contributed by atoms with Gasteiger partial charge < -0.3 is 0 Å². The van der Waals surface area contributed by atoms with Gasteiger partial charge in [0.2, 0.25) is 0 Å². The van der Waals surface area contributed by atoms with E-state index in [0.29, 0.717) is 10.6 Å². The molecule has 0 bridgehead atoms. The van der Waals surface area contributed by atoms with Crippen LogP contribution in [0.25, 0.3) is 0 Å². The summed E-state index contributed by atoms with van der Waals surface area (Å²) in [4.78, 5) is 0. The van der Waals surface area contributed by atoms with Crippen LogP contribution >= 0.6 is 8.58 Å². The van der Waals surface area contributed by atoms with Gasteiger partial charge in [-0.2, -0.15) is 0 Å². The number of rotatable bonds is 2. The number of hydrogen-bond acceptors (Lipinski definition) is 0. The Hall–Kier alpha value is 0.430. The molecule has 0 fully saturated rings. The summed E-state index contributed by atoms with van der Waals surface area (Å²) in [6.07, 6.45) is 1.33. The lowest BCUT2D eigenvalue weighted by Gasteiger charge is -2.31. The molecule has 0 heterocycles. The van der Waals surface area contributed by atoms with Gasteiger partial charge in [-0.3, -0.25) is 0 Å². The molecule has 1 heteroatoms. The van der Waals surface area contributed by atoms with Gasteiger partial charge in [0.15, 0.2) is 0 Å². The Labute approximate surface area is 67.6 Å². The van der Waals surface area contributed by atoms with Crippen LogP contribution in [0.15, 0.2) is 0 Å². The van der Waals surface area contributed by atoms with Gasteiger partial charge in [-0.25, -0.2) is 0 Å². The minimum atomic E-state index is 0.493. The molecular weight excluding hydrogens is 139 g/mol. The van der Waals surface area contributed by atoms with E-state index < -0.39 is 0 Å². The molecule has 1 unspecified atom stereocenters. The zero-order chi connectivity index (χ0) is 8.41. The number of hydrogen-bond donors (Lipinski definition) is 0. The highest BCUT2D eigenvalue weighted by atomic mass is 31.1. The Morgan fingerprint density at radius 2 is 1.40 bits per heavy atom. The molecular formula is C9H21P. The average molecular weight is 160 g/mol. The second-order valence-electron chi connectivity index (χ2n) is 4.87. The van der Waals surface area contributed by atoms with Crippen LogP contribution in [0.5, 0.6) is 0 Å². The molecule has 10 heavy (non-hydrogen) atoms. The van der Waals surface area contributed by atoms with Gasteiger partial charge in [0, 0.05) is 0 Å². The van der Waals surface area contributed by atoms with E-state index in [9.17, 15) is 0 Å². The largest absolute Gasteiger partial charge is 0.119 e. The van der Waals surface area contributed by atoms with Gasteiger partial charge in [-0.1, -0.05) is 34.6 Å². The molecule has 62 valence electrons. The van der Waals surface area contributed by atoms with E-state index >= 15 is 0 Å². The van der Waals surface area contributed by atoms with Crippen molar-refractivity contribution < 1.29 is 0 Å². The molecule has 0 amide bonds. The maximum atomic E-state index is 2.36. The first-order valence-corrected chi connectivity index (χ1v) is 5.46. The predicted molar refractivity (Wildman–Crippen MR) is 52.4 cm³/mol.